The van der Waals surface area contributed by atoms with Crippen LogP contribution in [-0.2, 0) is 4.79 Å². The van der Waals surface area contributed by atoms with E-state index in [2.05, 4.69) is 12.2 Å². The summed E-state index contributed by atoms with van der Waals surface area (Å²) >= 11 is 0. The fourth-order valence-electron chi connectivity index (χ4n) is 3.91. The first-order chi connectivity index (χ1) is 15.0. The third kappa shape index (κ3) is 6.00. The van der Waals surface area contributed by atoms with E-state index in [-0.39, 0.29) is 24.0 Å². The van der Waals surface area contributed by atoms with Crippen LogP contribution < -0.4 is 14.8 Å². The number of carbonyl (C=O) groups is 2. The Morgan fingerprint density at radius 3 is 2.42 bits per heavy atom. The third-order valence-electron chi connectivity index (χ3n) is 5.69. The third-order valence-corrected chi connectivity index (χ3v) is 5.69. The van der Waals surface area contributed by atoms with Crippen molar-refractivity contribution in [3.05, 3.63) is 59.7 Å². The van der Waals surface area contributed by atoms with Crippen molar-refractivity contribution < 1.29 is 19.1 Å². The molecule has 2 aromatic carbocycles. The van der Waals surface area contributed by atoms with Gasteiger partial charge in [-0.2, -0.15) is 0 Å². The normalized spacial score (nSPS) is 15.3. The highest BCUT2D eigenvalue weighted by molar-refractivity contribution is 5.95. The molecule has 2 aromatic rings. The van der Waals surface area contributed by atoms with Gasteiger partial charge in [0.25, 0.3) is 5.91 Å². The largest absolute Gasteiger partial charge is 0.493 e. The van der Waals surface area contributed by atoms with Crippen LogP contribution in [0.15, 0.2) is 48.5 Å². The lowest BCUT2D eigenvalue weighted by Gasteiger charge is -2.31. The molecule has 0 bridgehead atoms. The summed E-state index contributed by atoms with van der Waals surface area (Å²) in [7, 11) is 1.58. The lowest BCUT2D eigenvalue weighted by Crippen LogP contribution is -2.40. The summed E-state index contributed by atoms with van der Waals surface area (Å²) in [6.07, 6.45) is 3.42. The molecular formula is C25H32N2O4. The van der Waals surface area contributed by atoms with Gasteiger partial charge >= 0.3 is 0 Å². The molecule has 1 fully saturated rings. The van der Waals surface area contributed by atoms with Gasteiger partial charge < -0.3 is 19.7 Å². The van der Waals surface area contributed by atoms with Crippen molar-refractivity contribution in [2.45, 2.75) is 51.7 Å². The lowest BCUT2D eigenvalue weighted by molar-refractivity contribution is -0.130. The molecule has 1 aliphatic heterocycles. The number of hydrogen-bond donors (Lipinski definition) is 1. The summed E-state index contributed by atoms with van der Waals surface area (Å²) < 4.78 is 11.6. The van der Waals surface area contributed by atoms with Crippen molar-refractivity contribution in [1.29, 1.82) is 0 Å². The van der Waals surface area contributed by atoms with Crippen molar-refractivity contribution in [3.63, 3.8) is 0 Å². The minimum atomic E-state index is -0.137. The van der Waals surface area contributed by atoms with Crippen molar-refractivity contribution in [2.24, 2.45) is 0 Å². The van der Waals surface area contributed by atoms with Crippen molar-refractivity contribution >= 4 is 11.8 Å². The molecule has 3 rings (SSSR count). The molecule has 0 unspecified atom stereocenters. The Morgan fingerprint density at radius 2 is 1.81 bits per heavy atom. The molecule has 0 radical (unpaired) electrons. The number of benzene rings is 2. The van der Waals surface area contributed by atoms with Gasteiger partial charge in [0.2, 0.25) is 5.91 Å². The molecule has 0 aromatic heterocycles. The Morgan fingerprint density at radius 1 is 1.10 bits per heavy atom. The first-order valence-electron chi connectivity index (χ1n) is 11.0. The summed E-state index contributed by atoms with van der Waals surface area (Å²) in [6, 6.07) is 15.3. The van der Waals surface area contributed by atoms with Crippen molar-refractivity contribution in [3.8, 4) is 11.5 Å². The first kappa shape index (κ1) is 22.7. The highest BCUT2D eigenvalue weighted by Crippen LogP contribution is 2.31. The predicted molar refractivity (Wildman–Crippen MR) is 120 cm³/mol. The fraction of sp³-hybridized carbons (Fsp3) is 0.440. The quantitative estimate of drug-likeness (QED) is 0.684. The van der Waals surface area contributed by atoms with E-state index in [1.165, 1.54) is 0 Å². The highest BCUT2D eigenvalue weighted by Gasteiger charge is 2.23. The van der Waals surface area contributed by atoms with Gasteiger partial charge in [-0.05, 0) is 30.2 Å². The molecule has 1 heterocycles. The summed E-state index contributed by atoms with van der Waals surface area (Å²) in [5, 5.41) is 3.15. The molecule has 31 heavy (non-hydrogen) atoms. The summed E-state index contributed by atoms with van der Waals surface area (Å²) in [4.78, 5) is 26.3. The number of carbonyl (C=O) groups excluding carboxylic acids is 2. The van der Waals surface area contributed by atoms with Crippen LogP contribution in [0.4, 0.5) is 0 Å². The Kier molecular flexibility index (Phi) is 7.93. The fourth-order valence-corrected chi connectivity index (χ4v) is 3.91. The second-order valence-electron chi connectivity index (χ2n) is 7.91. The van der Waals surface area contributed by atoms with E-state index < -0.39 is 0 Å². The minimum Gasteiger partial charge on any atom is -0.493 e. The second-order valence-corrected chi connectivity index (χ2v) is 7.91. The van der Waals surface area contributed by atoms with Gasteiger partial charge in [-0.15, -0.1) is 0 Å². The van der Waals surface area contributed by atoms with Crippen LogP contribution in [-0.4, -0.2) is 43.0 Å². The van der Waals surface area contributed by atoms with E-state index in [0.29, 0.717) is 30.2 Å². The zero-order valence-corrected chi connectivity index (χ0v) is 18.6. The molecular weight excluding hydrogens is 392 g/mol. The molecule has 0 aliphatic carbocycles. The molecule has 6 nitrogen and oxygen atoms in total. The SMILES string of the molecule is CCC[C@H](NC(=O)c1ccc(OC2CCN(C(C)=O)CC2)c(OC)c1)c1ccccc1. The van der Waals surface area contributed by atoms with Crippen molar-refractivity contribution in [1.82, 2.24) is 10.2 Å². The Bertz CT molecular complexity index is 876. The van der Waals surface area contributed by atoms with Crippen LogP contribution in [0.1, 0.15) is 61.5 Å². The average Bonchev–Trinajstić information content (AvgIpc) is 2.80. The molecule has 1 N–H and O–H groups in total. The van der Waals surface area contributed by atoms with Crippen LogP contribution in [0, 0.1) is 0 Å². The highest BCUT2D eigenvalue weighted by atomic mass is 16.5. The lowest BCUT2D eigenvalue weighted by atomic mass is 10.0. The number of rotatable bonds is 8. The summed E-state index contributed by atoms with van der Waals surface area (Å²) in [5.41, 5.74) is 1.63. The van der Waals surface area contributed by atoms with E-state index in [1.807, 2.05) is 35.2 Å². The van der Waals surface area contributed by atoms with Gasteiger partial charge in [0, 0.05) is 38.4 Å². The van der Waals surface area contributed by atoms with E-state index in [1.54, 1.807) is 32.2 Å². The molecule has 1 aliphatic rings. The molecule has 6 heteroatoms. The maximum absolute atomic E-state index is 12.9. The number of hydrogen-bond acceptors (Lipinski definition) is 4. The molecule has 1 atom stereocenters. The predicted octanol–water partition coefficient (Wildman–Crippen LogP) is 4.36. The zero-order valence-electron chi connectivity index (χ0n) is 18.6. The maximum Gasteiger partial charge on any atom is 0.251 e. The molecule has 2 amide bonds. The van der Waals surface area contributed by atoms with Crippen LogP contribution in [0.3, 0.4) is 0 Å². The Hall–Kier alpha value is -3.02. The van der Waals surface area contributed by atoms with E-state index >= 15 is 0 Å². The van der Waals surface area contributed by atoms with Crippen LogP contribution in [0.25, 0.3) is 0 Å². The zero-order chi connectivity index (χ0) is 22.2. The van der Waals surface area contributed by atoms with Crippen LogP contribution in [0.2, 0.25) is 0 Å². The number of ether oxygens (including phenoxy) is 2. The number of amides is 2. The first-order valence-corrected chi connectivity index (χ1v) is 11.0. The smallest absolute Gasteiger partial charge is 0.251 e. The monoisotopic (exact) mass is 424 g/mol. The van der Waals surface area contributed by atoms with Crippen LogP contribution in [0.5, 0.6) is 11.5 Å². The number of nitrogens with one attached hydrogen (secondary N) is 1. The second kappa shape index (κ2) is 10.8. The number of likely N-dealkylation sites (tertiary alicyclic amines) is 1. The van der Waals surface area contributed by atoms with Crippen LogP contribution >= 0.6 is 0 Å². The Labute approximate surface area is 184 Å². The summed E-state index contributed by atoms with van der Waals surface area (Å²) in [6.45, 7) is 5.09. The summed E-state index contributed by atoms with van der Waals surface area (Å²) in [5.74, 6) is 1.12. The van der Waals surface area contributed by atoms with Gasteiger partial charge in [-0.1, -0.05) is 43.7 Å². The molecule has 1 saturated heterocycles. The molecule has 0 spiro atoms. The molecule has 0 saturated carbocycles. The standard InChI is InChI=1S/C25H32N2O4/c1-4-8-22(19-9-6-5-7-10-19)26-25(29)20-11-12-23(24(17-20)30-3)31-21-13-15-27(16-14-21)18(2)28/h5-7,9-12,17,21-22H,4,8,13-16H2,1-3H3,(H,26,29)/t22-/m0/s1. The van der Waals surface area contributed by atoms with Gasteiger partial charge in [-0.3, -0.25) is 9.59 Å². The Balaban J connectivity index is 1.67. The van der Waals surface area contributed by atoms with Gasteiger partial charge in [0.05, 0.1) is 13.2 Å². The average molecular weight is 425 g/mol. The maximum atomic E-state index is 12.9. The number of piperidine rings is 1. The van der Waals surface area contributed by atoms with E-state index in [9.17, 15) is 9.59 Å². The van der Waals surface area contributed by atoms with Crippen molar-refractivity contribution in [2.75, 3.05) is 20.2 Å². The van der Waals surface area contributed by atoms with E-state index in [4.69, 9.17) is 9.47 Å². The molecule has 166 valence electrons. The van der Waals surface area contributed by atoms with Gasteiger partial charge in [0.15, 0.2) is 11.5 Å². The van der Waals surface area contributed by atoms with E-state index in [0.717, 1.165) is 31.2 Å². The topological polar surface area (TPSA) is 67.9 Å². The van der Waals surface area contributed by atoms with Gasteiger partial charge in [-0.25, -0.2) is 0 Å². The number of nitrogens with zero attached hydrogens (tertiary/aromatic N) is 1. The number of methoxy groups -OCH3 is 1. The van der Waals surface area contributed by atoms with Gasteiger partial charge in [0.1, 0.15) is 6.10 Å². The minimum absolute atomic E-state index is 0.0243.